The van der Waals surface area contributed by atoms with Crippen molar-refractivity contribution in [2.75, 3.05) is 4.90 Å². The van der Waals surface area contributed by atoms with Crippen LogP contribution in [0.15, 0.2) is 109 Å². The van der Waals surface area contributed by atoms with Crippen LogP contribution in [-0.4, -0.2) is 10.8 Å². The summed E-state index contributed by atoms with van der Waals surface area (Å²) in [6, 6.07) is 32.8. The average Bonchev–Trinajstić information content (AvgIpc) is 3.43. The van der Waals surface area contributed by atoms with E-state index in [1.165, 1.54) is 6.07 Å². The van der Waals surface area contributed by atoms with E-state index in [0.29, 0.717) is 23.4 Å². The zero-order valence-corrected chi connectivity index (χ0v) is 19.2. The normalized spacial score (nSPS) is 22.7. The molecule has 7 heteroatoms. The third-order valence-electron chi connectivity index (χ3n) is 6.75. The van der Waals surface area contributed by atoms with Crippen molar-refractivity contribution in [3.63, 3.8) is 0 Å². The second-order valence-corrected chi connectivity index (χ2v) is 8.82. The number of benzene rings is 4. The molecule has 36 heavy (non-hydrogen) atoms. The predicted molar refractivity (Wildman–Crippen MR) is 133 cm³/mol. The fraction of sp³-hybridized carbons (Fsp3) is 0.138. The lowest BCUT2D eigenvalue weighted by Gasteiger charge is -2.28. The van der Waals surface area contributed by atoms with Crippen molar-refractivity contribution in [3.8, 4) is 0 Å². The zero-order chi connectivity index (χ0) is 24.7. The Morgan fingerprint density at radius 2 is 1.47 bits per heavy atom. The van der Waals surface area contributed by atoms with Gasteiger partial charge in [0.15, 0.2) is 6.29 Å². The van der Waals surface area contributed by atoms with Gasteiger partial charge in [0.25, 0.3) is 11.6 Å². The summed E-state index contributed by atoms with van der Waals surface area (Å²) < 4.78 is 13.0. The molecule has 1 saturated heterocycles. The van der Waals surface area contributed by atoms with E-state index in [0.717, 1.165) is 11.1 Å². The first-order valence-corrected chi connectivity index (χ1v) is 11.7. The van der Waals surface area contributed by atoms with Crippen molar-refractivity contribution in [3.05, 3.63) is 142 Å². The van der Waals surface area contributed by atoms with Crippen LogP contribution in [-0.2, 0) is 26.4 Å². The summed E-state index contributed by atoms with van der Waals surface area (Å²) in [5, 5.41) is 12.0. The molecule has 0 saturated carbocycles. The van der Waals surface area contributed by atoms with Crippen LogP contribution in [0.5, 0.6) is 0 Å². The Morgan fingerprint density at radius 3 is 2.22 bits per heavy atom. The van der Waals surface area contributed by atoms with Crippen LogP contribution in [0.1, 0.15) is 34.6 Å². The highest BCUT2D eigenvalue weighted by molar-refractivity contribution is 6.07. The maximum Gasteiger partial charge on any atom is 0.275 e. The van der Waals surface area contributed by atoms with Gasteiger partial charge in [-0.25, -0.2) is 0 Å². The van der Waals surface area contributed by atoms with Gasteiger partial charge in [-0.2, -0.15) is 0 Å². The number of nitro groups is 1. The van der Waals surface area contributed by atoms with Gasteiger partial charge in [0.05, 0.1) is 22.7 Å². The van der Waals surface area contributed by atoms with Crippen LogP contribution in [0.25, 0.3) is 0 Å². The van der Waals surface area contributed by atoms with Gasteiger partial charge in [-0.05, 0) is 17.7 Å². The Morgan fingerprint density at radius 1 is 0.833 bits per heavy atom. The van der Waals surface area contributed by atoms with Gasteiger partial charge in [-0.3, -0.25) is 14.9 Å². The molecule has 0 bridgehead atoms. The van der Waals surface area contributed by atoms with Gasteiger partial charge in [-0.1, -0.05) is 91.0 Å². The molecular formula is C29H22N2O5. The van der Waals surface area contributed by atoms with Gasteiger partial charge in [0, 0.05) is 17.2 Å². The summed E-state index contributed by atoms with van der Waals surface area (Å²) in [5.41, 5.74) is 1.61. The van der Waals surface area contributed by atoms with Crippen LogP contribution in [0, 0.1) is 10.1 Å². The van der Waals surface area contributed by atoms with Crippen LogP contribution in [0.2, 0.25) is 0 Å². The molecular weight excluding hydrogens is 456 g/mol. The first-order valence-electron chi connectivity index (χ1n) is 11.7. The number of nitro benzene ring substituents is 1. The molecule has 0 radical (unpaired) electrons. The molecule has 2 aliphatic heterocycles. The zero-order valence-electron chi connectivity index (χ0n) is 19.2. The molecule has 4 aromatic carbocycles. The van der Waals surface area contributed by atoms with Gasteiger partial charge >= 0.3 is 0 Å². The Kier molecular flexibility index (Phi) is 5.36. The third kappa shape index (κ3) is 3.40. The number of carbonyl (C=O) groups excluding carboxylic acids is 1. The molecule has 7 nitrogen and oxygen atoms in total. The quantitative estimate of drug-likeness (QED) is 0.267. The van der Waals surface area contributed by atoms with Crippen molar-refractivity contribution in [2.24, 2.45) is 0 Å². The molecule has 1 amide bonds. The summed E-state index contributed by atoms with van der Waals surface area (Å²) in [5.74, 6) is -0.311. The third-order valence-corrected chi connectivity index (χ3v) is 6.75. The highest BCUT2D eigenvalue weighted by Gasteiger charge is 2.64. The average molecular weight is 479 g/mol. The summed E-state index contributed by atoms with van der Waals surface area (Å²) >= 11 is 0. The molecule has 1 fully saturated rings. The number of carbonyl (C=O) groups is 1. The maximum absolute atomic E-state index is 14.4. The minimum Gasteiger partial charge on any atom is -0.336 e. The minimum atomic E-state index is -1.59. The monoisotopic (exact) mass is 478 g/mol. The van der Waals surface area contributed by atoms with Crippen LogP contribution in [0.3, 0.4) is 0 Å². The number of rotatable bonds is 5. The maximum atomic E-state index is 14.4. The van der Waals surface area contributed by atoms with E-state index in [9.17, 15) is 14.9 Å². The number of anilines is 1. The van der Waals surface area contributed by atoms with Gasteiger partial charge < -0.3 is 14.4 Å². The second kappa shape index (κ2) is 8.71. The molecule has 0 aromatic heterocycles. The smallest absolute Gasteiger partial charge is 0.275 e. The van der Waals surface area contributed by atoms with Crippen molar-refractivity contribution >= 4 is 17.3 Å². The summed E-state index contributed by atoms with van der Waals surface area (Å²) in [4.78, 5) is 27.6. The highest BCUT2D eigenvalue weighted by atomic mass is 16.7. The van der Waals surface area contributed by atoms with Crippen molar-refractivity contribution in [1.82, 2.24) is 0 Å². The topological polar surface area (TPSA) is 81.9 Å². The van der Waals surface area contributed by atoms with E-state index in [1.807, 2.05) is 84.9 Å². The number of nitrogens with zero attached hydrogens (tertiary/aromatic N) is 2. The molecule has 2 heterocycles. The fourth-order valence-electron chi connectivity index (χ4n) is 5.14. The van der Waals surface area contributed by atoms with Crippen molar-refractivity contribution in [2.45, 2.75) is 24.5 Å². The molecule has 6 rings (SSSR count). The molecule has 0 N–H and O–H groups in total. The molecule has 0 unspecified atom stereocenters. The van der Waals surface area contributed by atoms with E-state index < -0.39 is 22.9 Å². The minimum absolute atomic E-state index is 0.119. The fourth-order valence-corrected chi connectivity index (χ4v) is 5.14. The molecule has 178 valence electrons. The SMILES string of the molecule is O=C1N(Cc2ccccc2)c2ccccc2[C@]12O[C@@H](c1ccccc1)O[C@@H]2c1ccccc1[N+](=O)[O-]. The molecule has 3 atom stereocenters. The first kappa shape index (κ1) is 22.2. The van der Waals surface area contributed by atoms with Gasteiger partial charge in [-0.15, -0.1) is 0 Å². The van der Waals surface area contributed by atoms with E-state index in [1.54, 1.807) is 23.1 Å². The number of amides is 1. The summed E-state index contributed by atoms with van der Waals surface area (Å²) in [6.45, 7) is 0.335. The summed E-state index contributed by atoms with van der Waals surface area (Å²) in [7, 11) is 0. The lowest BCUT2D eigenvalue weighted by Crippen LogP contribution is -2.43. The van der Waals surface area contributed by atoms with Crippen molar-refractivity contribution < 1.29 is 19.2 Å². The number of fused-ring (bicyclic) bond motifs is 2. The second-order valence-electron chi connectivity index (χ2n) is 8.82. The molecule has 4 aromatic rings. The lowest BCUT2D eigenvalue weighted by atomic mass is 9.85. The molecule has 2 aliphatic rings. The molecule has 1 spiro atoms. The number of para-hydroxylation sites is 2. The lowest BCUT2D eigenvalue weighted by molar-refractivity contribution is -0.386. The number of ether oxygens (including phenoxy) is 2. The van der Waals surface area contributed by atoms with E-state index in [2.05, 4.69) is 0 Å². The van der Waals surface area contributed by atoms with Gasteiger partial charge in [0.2, 0.25) is 5.60 Å². The van der Waals surface area contributed by atoms with E-state index in [4.69, 9.17) is 9.47 Å². The Bertz CT molecular complexity index is 1440. The number of hydrogen-bond donors (Lipinski definition) is 0. The van der Waals surface area contributed by atoms with Crippen LogP contribution in [0.4, 0.5) is 11.4 Å². The standard InChI is InChI=1S/C29H22N2O5/c32-28-29(23-16-8-10-18-25(23)30(28)19-20-11-3-1-4-12-20)26(22-15-7-9-17-24(22)31(33)34)35-27(36-29)21-13-5-2-6-14-21/h1-18,26-27H,19H2/t26-,27+,29-/m1/s1. The van der Waals surface area contributed by atoms with E-state index >= 15 is 0 Å². The Labute approximate surface area is 207 Å². The Hall–Kier alpha value is -4.33. The van der Waals surface area contributed by atoms with Crippen LogP contribution < -0.4 is 4.90 Å². The highest BCUT2D eigenvalue weighted by Crippen LogP contribution is 2.59. The van der Waals surface area contributed by atoms with E-state index in [-0.39, 0.29) is 11.6 Å². The Balaban J connectivity index is 1.54. The largest absolute Gasteiger partial charge is 0.336 e. The first-order chi connectivity index (χ1) is 17.6. The predicted octanol–water partition coefficient (Wildman–Crippen LogP) is 5.82. The van der Waals surface area contributed by atoms with Gasteiger partial charge in [0.1, 0.15) is 6.10 Å². The summed E-state index contributed by atoms with van der Waals surface area (Å²) in [6.07, 6.45) is -1.91. The molecule has 0 aliphatic carbocycles. The van der Waals surface area contributed by atoms with Crippen molar-refractivity contribution in [1.29, 1.82) is 0 Å². The van der Waals surface area contributed by atoms with Crippen LogP contribution >= 0.6 is 0 Å². The number of hydrogen-bond acceptors (Lipinski definition) is 5.